The predicted octanol–water partition coefficient (Wildman–Crippen LogP) is 3.57. The molecule has 0 aliphatic carbocycles. The Kier molecular flexibility index (Phi) is 5.86. The van der Waals surface area contributed by atoms with Crippen LogP contribution >= 0.6 is 23.2 Å². The molecule has 2 aromatic heterocycles. The minimum absolute atomic E-state index is 0.00769. The molecule has 3 N–H and O–H groups in total. The molecule has 0 saturated heterocycles. The Morgan fingerprint density at radius 3 is 2.61 bits per heavy atom. The van der Waals surface area contributed by atoms with Crippen LogP contribution in [0.15, 0.2) is 36.5 Å². The average molecular weight is 426 g/mol. The first-order chi connectivity index (χ1) is 13.3. The highest BCUT2D eigenvalue weighted by Gasteiger charge is 2.17. The van der Waals surface area contributed by atoms with Crippen LogP contribution in [0.1, 0.15) is 26.4 Å². The number of amides is 2. The second-order valence-electron chi connectivity index (χ2n) is 5.50. The van der Waals surface area contributed by atoms with Gasteiger partial charge in [0.15, 0.2) is 17.3 Å². The summed E-state index contributed by atoms with van der Waals surface area (Å²) in [6.07, 6.45) is 1.52. The van der Waals surface area contributed by atoms with Gasteiger partial charge in [0.05, 0.1) is 10.6 Å². The smallest absolute Gasteiger partial charge is 0.272 e. The van der Waals surface area contributed by atoms with E-state index in [1.54, 1.807) is 12.1 Å². The highest BCUT2D eigenvalue weighted by molar-refractivity contribution is 6.34. The van der Waals surface area contributed by atoms with E-state index in [0.717, 1.165) is 0 Å². The summed E-state index contributed by atoms with van der Waals surface area (Å²) in [7, 11) is 0. The molecule has 11 heteroatoms. The third kappa shape index (κ3) is 4.44. The van der Waals surface area contributed by atoms with E-state index in [4.69, 9.17) is 23.2 Å². The Balaban J connectivity index is 1.65. The monoisotopic (exact) mass is 425 g/mol. The van der Waals surface area contributed by atoms with Gasteiger partial charge in [0, 0.05) is 24.4 Å². The van der Waals surface area contributed by atoms with Crippen molar-refractivity contribution in [2.45, 2.75) is 6.54 Å². The number of halogens is 4. The molecule has 3 rings (SSSR count). The number of nitrogens with one attached hydrogen (secondary N) is 3. The number of nitrogens with zero attached hydrogens (tertiary/aromatic N) is 2. The van der Waals surface area contributed by atoms with Gasteiger partial charge >= 0.3 is 0 Å². The van der Waals surface area contributed by atoms with Crippen molar-refractivity contribution in [2.24, 2.45) is 0 Å². The molecule has 0 bridgehead atoms. The van der Waals surface area contributed by atoms with E-state index in [-0.39, 0.29) is 33.8 Å². The summed E-state index contributed by atoms with van der Waals surface area (Å²) in [6.45, 7) is 0.129. The number of carbonyl (C=O) groups is 2. The van der Waals surface area contributed by atoms with Crippen molar-refractivity contribution < 1.29 is 18.4 Å². The summed E-state index contributed by atoms with van der Waals surface area (Å²) in [5, 5.41) is 11.2. The zero-order chi connectivity index (χ0) is 20.3. The lowest BCUT2D eigenvalue weighted by Crippen LogP contribution is -2.23. The van der Waals surface area contributed by atoms with Crippen molar-refractivity contribution >= 4 is 40.8 Å². The van der Waals surface area contributed by atoms with Crippen LogP contribution in [-0.2, 0) is 6.54 Å². The molecule has 7 nitrogen and oxygen atoms in total. The van der Waals surface area contributed by atoms with Gasteiger partial charge in [0.1, 0.15) is 11.0 Å². The van der Waals surface area contributed by atoms with Crippen LogP contribution in [0, 0.1) is 11.6 Å². The molecule has 2 heterocycles. The first kappa shape index (κ1) is 19.7. The number of aromatic nitrogens is 3. The van der Waals surface area contributed by atoms with Crippen molar-refractivity contribution in [2.75, 3.05) is 5.32 Å². The fourth-order valence-electron chi connectivity index (χ4n) is 2.21. The summed E-state index contributed by atoms with van der Waals surface area (Å²) in [4.78, 5) is 28.2. The van der Waals surface area contributed by atoms with Gasteiger partial charge in [0.25, 0.3) is 11.8 Å². The van der Waals surface area contributed by atoms with Crippen LogP contribution in [0.5, 0.6) is 0 Å². The number of rotatable bonds is 5. The second-order valence-corrected chi connectivity index (χ2v) is 6.27. The summed E-state index contributed by atoms with van der Waals surface area (Å²) in [5.74, 6) is -3.65. The number of pyridine rings is 1. The fraction of sp³-hybridized carbons (Fsp3) is 0.0588. The van der Waals surface area contributed by atoms with E-state index < -0.39 is 23.4 Å². The maximum absolute atomic E-state index is 13.3. The van der Waals surface area contributed by atoms with Gasteiger partial charge in [-0.1, -0.05) is 29.3 Å². The van der Waals surface area contributed by atoms with Gasteiger partial charge in [-0.2, -0.15) is 5.10 Å². The maximum atomic E-state index is 13.3. The lowest BCUT2D eigenvalue weighted by atomic mass is 10.2. The Morgan fingerprint density at radius 1 is 1.11 bits per heavy atom. The summed E-state index contributed by atoms with van der Waals surface area (Å²) >= 11 is 11.7. The molecule has 0 saturated carbocycles. The minimum Gasteiger partial charge on any atom is -0.346 e. The van der Waals surface area contributed by atoms with Crippen LogP contribution in [0.25, 0.3) is 0 Å². The molecule has 28 heavy (non-hydrogen) atoms. The van der Waals surface area contributed by atoms with Gasteiger partial charge in [0.2, 0.25) is 0 Å². The molecule has 144 valence electrons. The van der Waals surface area contributed by atoms with E-state index >= 15 is 0 Å². The van der Waals surface area contributed by atoms with Gasteiger partial charge in [-0.15, -0.1) is 0 Å². The molecule has 1 aromatic carbocycles. The first-order valence-corrected chi connectivity index (χ1v) is 8.49. The van der Waals surface area contributed by atoms with Gasteiger partial charge in [-0.05, 0) is 18.2 Å². The molecule has 0 atom stereocenters. The number of hydrogen-bond donors (Lipinski definition) is 3. The van der Waals surface area contributed by atoms with Crippen LogP contribution in [0.4, 0.5) is 14.6 Å². The highest BCUT2D eigenvalue weighted by atomic mass is 35.5. The molecule has 2 amide bonds. The van der Waals surface area contributed by atoms with E-state index in [0.29, 0.717) is 17.7 Å². The molecular formula is C17H11Cl2F2N5O2. The Morgan fingerprint density at radius 2 is 1.86 bits per heavy atom. The Labute approximate surface area is 167 Å². The van der Waals surface area contributed by atoms with Crippen LogP contribution in [0.2, 0.25) is 10.2 Å². The normalized spacial score (nSPS) is 10.6. The number of carbonyl (C=O) groups excluding carboxylic acids is 2. The largest absolute Gasteiger partial charge is 0.346 e. The molecule has 3 aromatic rings. The minimum atomic E-state index is -1.21. The summed E-state index contributed by atoms with van der Waals surface area (Å²) in [5.41, 5.74) is 0.341. The second kappa shape index (κ2) is 8.32. The van der Waals surface area contributed by atoms with Gasteiger partial charge in [-0.25, -0.2) is 13.8 Å². The van der Waals surface area contributed by atoms with E-state index in [9.17, 15) is 18.4 Å². The van der Waals surface area contributed by atoms with Crippen LogP contribution in [-0.4, -0.2) is 27.0 Å². The Bertz CT molecular complexity index is 1060. The third-order valence-electron chi connectivity index (χ3n) is 3.59. The first-order valence-electron chi connectivity index (χ1n) is 7.74. The predicted molar refractivity (Wildman–Crippen MR) is 98.3 cm³/mol. The molecular weight excluding hydrogens is 415 g/mol. The van der Waals surface area contributed by atoms with Crippen LogP contribution in [0.3, 0.4) is 0 Å². The van der Waals surface area contributed by atoms with Crippen molar-refractivity contribution in [1.29, 1.82) is 0 Å². The molecule has 0 radical (unpaired) electrons. The van der Waals surface area contributed by atoms with Gasteiger partial charge < -0.3 is 10.6 Å². The standard InChI is InChI=1S/C17H11Cl2F2N5O2/c18-10-5-12(21)11(20)4-9(10)16(27)24-14-6-13(25-26-14)17(28)23-7-8-2-1-3-22-15(8)19/h1-6H,7H2,(H,23,28)(H2,24,25,26,27). The molecule has 0 aliphatic rings. The van der Waals surface area contributed by atoms with E-state index in [1.807, 2.05) is 0 Å². The van der Waals surface area contributed by atoms with E-state index in [1.165, 1.54) is 12.3 Å². The maximum Gasteiger partial charge on any atom is 0.272 e. The van der Waals surface area contributed by atoms with Crippen molar-refractivity contribution in [3.8, 4) is 0 Å². The number of hydrogen-bond acceptors (Lipinski definition) is 4. The number of H-pyrrole nitrogens is 1. The SMILES string of the molecule is O=C(NCc1cccnc1Cl)c1cc(NC(=O)c2cc(F)c(F)cc2Cl)[nH]n1. The van der Waals surface area contributed by atoms with Crippen molar-refractivity contribution in [3.05, 3.63) is 75.2 Å². The lowest BCUT2D eigenvalue weighted by molar-refractivity contribution is 0.0945. The summed E-state index contributed by atoms with van der Waals surface area (Å²) in [6, 6.07) is 6.03. The third-order valence-corrected chi connectivity index (χ3v) is 4.24. The van der Waals surface area contributed by atoms with Gasteiger partial charge in [-0.3, -0.25) is 14.7 Å². The zero-order valence-electron chi connectivity index (χ0n) is 13.9. The average Bonchev–Trinajstić information content (AvgIpc) is 3.12. The lowest BCUT2D eigenvalue weighted by Gasteiger charge is -2.05. The zero-order valence-corrected chi connectivity index (χ0v) is 15.4. The molecule has 0 unspecified atom stereocenters. The number of aromatic amines is 1. The molecule has 0 aliphatic heterocycles. The van der Waals surface area contributed by atoms with Crippen LogP contribution < -0.4 is 10.6 Å². The highest BCUT2D eigenvalue weighted by Crippen LogP contribution is 2.21. The summed E-state index contributed by atoms with van der Waals surface area (Å²) < 4.78 is 26.4. The Hall–Kier alpha value is -3.04. The topological polar surface area (TPSA) is 99.8 Å². The fourth-order valence-corrected chi connectivity index (χ4v) is 2.63. The molecule has 0 spiro atoms. The molecule has 0 fully saturated rings. The van der Waals surface area contributed by atoms with Crippen molar-refractivity contribution in [1.82, 2.24) is 20.5 Å². The van der Waals surface area contributed by atoms with Crippen molar-refractivity contribution in [3.63, 3.8) is 0 Å². The van der Waals surface area contributed by atoms with E-state index in [2.05, 4.69) is 25.8 Å². The number of benzene rings is 1. The number of anilines is 1. The quantitative estimate of drug-likeness (QED) is 0.429.